The summed E-state index contributed by atoms with van der Waals surface area (Å²) in [4.78, 5) is 11.9. The summed E-state index contributed by atoms with van der Waals surface area (Å²) in [5.41, 5.74) is 7.72. The summed E-state index contributed by atoms with van der Waals surface area (Å²) in [5.74, 6) is 0.149. The monoisotopic (exact) mass is 470 g/mol. The number of carbonyl (C=O) groups is 1. The van der Waals surface area contributed by atoms with Crippen LogP contribution in [0.2, 0.25) is 0 Å². The summed E-state index contributed by atoms with van der Waals surface area (Å²) >= 11 is 0. The third-order valence-electron chi connectivity index (χ3n) is 4.86. The molecule has 2 heteroatoms. The fourth-order valence-electron chi connectivity index (χ4n) is 3.49. The standard InChI is InChI=1S/C13H8O.C13H12.2C2H6.CO.2CH4/c14-13-11-7-3-1-5-9(11)10-6-2-4-8-12(10)13;1-11-7-5-6-10-13(11)12-8-3-2-4-9-12;3*1-2;;/h1-8H;2-10H,1H3;2*1-2H3;;2*1H4/i;;;;;2*1D. The van der Waals surface area contributed by atoms with Crippen LogP contribution in [0.25, 0.3) is 22.3 Å². The topological polar surface area (TPSA) is 37.0 Å². The normalized spacial score (nSPS) is 9.46. The number of fused-ring (bicyclic) bond motifs is 3. The first-order valence-corrected chi connectivity index (χ1v) is 11.3. The Morgan fingerprint density at radius 1 is 0.543 bits per heavy atom. The van der Waals surface area contributed by atoms with Gasteiger partial charge in [-0.3, -0.25) is 4.79 Å². The molecule has 0 amide bonds. The van der Waals surface area contributed by atoms with E-state index in [9.17, 15) is 4.79 Å². The molecule has 0 atom stereocenters. The van der Waals surface area contributed by atoms with Crippen LogP contribution in [0, 0.1) is 13.6 Å². The molecular weight excluding hydrogens is 428 g/mol. The van der Waals surface area contributed by atoms with Gasteiger partial charge in [-0.1, -0.05) is 146 Å². The van der Waals surface area contributed by atoms with Crippen LogP contribution in [0.3, 0.4) is 0 Å². The van der Waals surface area contributed by atoms with Crippen LogP contribution in [0.1, 0.15) is 66.7 Å². The van der Waals surface area contributed by atoms with Gasteiger partial charge in [0, 0.05) is 13.9 Å². The summed E-state index contributed by atoms with van der Waals surface area (Å²) in [5, 5.41) is 0. The van der Waals surface area contributed by atoms with Gasteiger partial charge in [-0.15, -0.1) is 0 Å². The van der Waals surface area contributed by atoms with E-state index in [1.807, 2.05) is 82.3 Å². The summed E-state index contributed by atoms with van der Waals surface area (Å²) < 4.78 is 19.0. The molecule has 0 unspecified atom stereocenters. The number of hydrogen-bond donors (Lipinski definition) is 0. The molecule has 0 aliphatic heterocycles. The fourth-order valence-corrected chi connectivity index (χ4v) is 3.49. The Hall–Kier alpha value is -3.71. The molecule has 0 aromatic heterocycles. The molecule has 2 nitrogen and oxygen atoms in total. The van der Waals surface area contributed by atoms with Gasteiger partial charge in [0.2, 0.25) is 0 Å². The van der Waals surface area contributed by atoms with E-state index in [2.05, 4.69) is 62.1 Å². The van der Waals surface area contributed by atoms with E-state index in [1.54, 1.807) is 0 Å². The van der Waals surface area contributed by atoms with E-state index in [0.29, 0.717) is 0 Å². The average molecular weight is 471 g/mol. The Bertz CT molecular complexity index is 1110. The molecule has 184 valence electrons. The van der Waals surface area contributed by atoms with Crippen LogP contribution in [0.15, 0.2) is 103 Å². The van der Waals surface area contributed by atoms with Gasteiger partial charge in [-0.2, -0.15) is 0 Å². The molecule has 0 radical (unpaired) electrons. The van der Waals surface area contributed by atoms with Crippen molar-refractivity contribution in [2.75, 3.05) is 0 Å². The SMILES string of the molecule is CC.CC.Cc1ccccc1-c1ccccc1.O=C1c2ccccc2-c2ccccc21.[2H]C.[2H]C.[C-]#[O+]. The first kappa shape index (κ1) is 29.3. The zero-order valence-electron chi connectivity index (χ0n) is 24.1. The summed E-state index contributed by atoms with van der Waals surface area (Å²) in [7, 11) is 2.50. The van der Waals surface area contributed by atoms with Crippen LogP contribution in [-0.2, 0) is 4.65 Å². The number of ketones is 1. The van der Waals surface area contributed by atoms with Crippen molar-refractivity contribution in [1.82, 2.24) is 0 Å². The molecule has 0 bridgehead atoms. The average Bonchev–Trinajstić information content (AvgIpc) is 3.31. The first-order valence-electron chi connectivity index (χ1n) is 13.3. The van der Waals surface area contributed by atoms with Gasteiger partial charge in [0.05, 0.1) is 0 Å². The Morgan fingerprint density at radius 3 is 1.26 bits per heavy atom. The zero-order chi connectivity index (χ0) is 28.6. The second-order valence-corrected chi connectivity index (χ2v) is 6.60. The Balaban J connectivity index is 0. The molecule has 0 fully saturated rings. The van der Waals surface area contributed by atoms with Gasteiger partial charge in [-0.05, 0) is 34.7 Å². The van der Waals surface area contributed by atoms with E-state index >= 15 is 0 Å². The number of carbonyl (C=O) groups excluding carboxylic acids is 1. The zero-order valence-corrected chi connectivity index (χ0v) is 22.1. The van der Waals surface area contributed by atoms with Crippen LogP contribution < -0.4 is 0 Å². The van der Waals surface area contributed by atoms with E-state index in [4.69, 9.17) is 7.39 Å². The van der Waals surface area contributed by atoms with Gasteiger partial charge in [0.25, 0.3) is 0 Å². The quantitative estimate of drug-likeness (QED) is 0.177. The van der Waals surface area contributed by atoms with Crippen molar-refractivity contribution in [1.29, 1.82) is 0 Å². The third kappa shape index (κ3) is 8.54. The Labute approximate surface area is 216 Å². The molecular formula is C33H40O2. The fraction of sp³-hybridized carbons (Fsp3) is 0.212. The van der Waals surface area contributed by atoms with E-state index < -0.39 is 0 Å². The summed E-state index contributed by atoms with van der Waals surface area (Å²) in [6.07, 6.45) is 0. The predicted molar refractivity (Wildman–Crippen MR) is 152 cm³/mol. The molecule has 0 N–H and O–H groups in total. The molecule has 35 heavy (non-hydrogen) atoms. The first-order chi connectivity index (χ1) is 18.3. The predicted octanol–water partition coefficient (Wildman–Crippen LogP) is 9.85. The maximum atomic E-state index is 11.9. The minimum atomic E-state index is 0.149. The molecule has 0 heterocycles. The van der Waals surface area contributed by atoms with Crippen molar-refractivity contribution in [2.24, 2.45) is 0 Å². The van der Waals surface area contributed by atoms with Crippen LogP contribution in [0.4, 0.5) is 0 Å². The molecule has 4 aromatic rings. The van der Waals surface area contributed by atoms with E-state index in [1.165, 1.54) is 31.5 Å². The van der Waals surface area contributed by atoms with Gasteiger partial charge in [0.15, 0.2) is 5.78 Å². The van der Waals surface area contributed by atoms with Crippen molar-refractivity contribution >= 4 is 5.78 Å². The molecule has 0 saturated heterocycles. The summed E-state index contributed by atoms with van der Waals surface area (Å²) in [6.45, 7) is 14.6. The van der Waals surface area contributed by atoms with Gasteiger partial charge < -0.3 is 0 Å². The van der Waals surface area contributed by atoms with Crippen LogP contribution in [0.5, 0.6) is 0 Å². The molecule has 1 aliphatic rings. The van der Waals surface area contributed by atoms with E-state index in [-0.39, 0.29) is 5.78 Å². The molecule has 5 rings (SSSR count). The number of aryl methyl sites for hydroxylation is 1. The second-order valence-electron chi connectivity index (χ2n) is 6.60. The minimum absolute atomic E-state index is 0.149. The second kappa shape index (κ2) is 18.7. The van der Waals surface area contributed by atoms with E-state index in [0.717, 1.165) is 22.3 Å². The summed E-state index contributed by atoms with van der Waals surface area (Å²) in [6, 6.07) is 34.4. The van der Waals surface area contributed by atoms with Crippen molar-refractivity contribution in [3.8, 4) is 22.3 Å². The van der Waals surface area contributed by atoms with Crippen molar-refractivity contribution in [3.63, 3.8) is 0 Å². The van der Waals surface area contributed by atoms with Gasteiger partial charge >= 0.3 is 11.3 Å². The molecule has 4 aromatic carbocycles. The number of hydrogen-bond acceptors (Lipinski definition) is 1. The number of benzene rings is 4. The van der Waals surface area contributed by atoms with Crippen LogP contribution in [-0.4, -0.2) is 5.78 Å². The maximum absolute atomic E-state index is 11.9. The Morgan fingerprint density at radius 2 is 0.857 bits per heavy atom. The molecule has 0 spiro atoms. The molecule has 0 saturated carbocycles. The molecule has 1 aliphatic carbocycles. The van der Waals surface area contributed by atoms with Gasteiger partial charge in [-0.25, -0.2) is 0 Å². The van der Waals surface area contributed by atoms with Crippen molar-refractivity contribution in [3.05, 3.63) is 126 Å². The van der Waals surface area contributed by atoms with Crippen molar-refractivity contribution < 1.29 is 12.2 Å². The number of rotatable bonds is 1. The van der Waals surface area contributed by atoms with Gasteiger partial charge in [0.1, 0.15) is 0 Å². The third-order valence-corrected chi connectivity index (χ3v) is 4.86. The van der Waals surface area contributed by atoms with Crippen molar-refractivity contribution in [2.45, 2.75) is 49.4 Å². The van der Waals surface area contributed by atoms with Crippen LogP contribution >= 0.6 is 0 Å². The Kier molecular flexibility index (Phi) is 15.7.